The predicted octanol–water partition coefficient (Wildman–Crippen LogP) is 1.25. The molecule has 0 aromatic carbocycles. The van der Waals surface area contributed by atoms with E-state index in [1.807, 2.05) is 0 Å². The molecule has 8 heteroatoms. The number of hydrogen-bond donors (Lipinski definition) is 1. The minimum absolute atomic E-state index is 0.00374. The zero-order chi connectivity index (χ0) is 15.2. The Bertz CT molecular complexity index is 666. The zero-order valence-corrected chi connectivity index (χ0v) is 13.2. The van der Waals surface area contributed by atoms with E-state index in [9.17, 15) is 13.2 Å². The summed E-state index contributed by atoms with van der Waals surface area (Å²) in [6.07, 6.45) is 4.51. The SMILES string of the molecule is Cn1cc(S(=O)(=O)Cl)cc1C(=O)NC1CCOC1C1CC1. The lowest BCUT2D eigenvalue weighted by Crippen LogP contribution is -2.41. The minimum Gasteiger partial charge on any atom is -0.376 e. The number of nitrogens with zero attached hydrogens (tertiary/aromatic N) is 1. The van der Waals surface area contributed by atoms with Crippen LogP contribution in [0.1, 0.15) is 29.8 Å². The quantitative estimate of drug-likeness (QED) is 0.842. The molecule has 116 valence electrons. The van der Waals surface area contributed by atoms with Gasteiger partial charge in [0.15, 0.2) is 0 Å². The monoisotopic (exact) mass is 332 g/mol. The van der Waals surface area contributed by atoms with E-state index in [-0.39, 0.29) is 28.6 Å². The second-order valence-corrected chi connectivity index (χ2v) is 8.22. The van der Waals surface area contributed by atoms with Crippen LogP contribution in [0, 0.1) is 5.92 Å². The fourth-order valence-corrected chi connectivity index (χ4v) is 3.58. The first-order chi connectivity index (χ1) is 9.86. The smallest absolute Gasteiger partial charge is 0.268 e. The normalized spacial score (nSPS) is 26.0. The highest BCUT2D eigenvalue weighted by Gasteiger charge is 2.41. The van der Waals surface area contributed by atoms with Crippen molar-refractivity contribution in [2.45, 2.75) is 36.3 Å². The van der Waals surface area contributed by atoms with Gasteiger partial charge in [-0.2, -0.15) is 0 Å². The van der Waals surface area contributed by atoms with Crippen LogP contribution in [0.25, 0.3) is 0 Å². The van der Waals surface area contributed by atoms with E-state index >= 15 is 0 Å². The molecule has 1 amide bonds. The maximum Gasteiger partial charge on any atom is 0.268 e. The first kappa shape index (κ1) is 14.9. The topological polar surface area (TPSA) is 77.4 Å². The second-order valence-electron chi connectivity index (χ2n) is 5.65. The number of ether oxygens (including phenoxy) is 1. The minimum atomic E-state index is -3.83. The Morgan fingerprint density at radius 3 is 2.71 bits per heavy atom. The van der Waals surface area contributed by atoms with E-state index in [0.717, 1.165) is 19.3 Å². The fourth-order valence-electron chi connectivity index (χ4n) is 2.79. The zero-order valence-electron chi connectivity index (χ0n) is 11.6. The van der Waals surface area contributed by atoms with Crippen LogP contribution in [0.4, 0.5) is 0 Å². The van der Waals surface area contributed by atoms with E-state index in [0.29, 0.717) is 12.5 Å². The lowest BCUT2D eigenvalue weighted by Gasteiger charge is -2.19. The molecule has 1 aromatic heterocycles. The van der Waals surface area contributed by atoms with Gasteiger partial charge in [0.2, 0.25) is 0 Å². The van der Waals surface area contributed by atoms with Crippen LogP contribution in [0.2, 0.25) is 0 Å². The number of halogens is 1. The van der Waals surface area contributed by atoms with Gasteiger partial charge >= 0.3 is 0 Å². The molecule has 2 fully saturated rings. The van der Waals surface area contributed by atoms with E-state index in [4.69, 9.17) is 15.4 Å². The van der Waals surface area contributed by atoms with Gasteiger partial charge in [0.05, 0.1) is 12.1 Å². The van der Waals surface area contributed by atoms with Crippen molar-refractivity contribution in [3.63, 3.8) is 0 Å². The molecule has 1 saturated carbocycles. The summed E-state index contributed by atoms with van der Waals surface area (Å²) in [7, 11) is 3.08. The maximum atomic E-state index is 12.3. The summed E-state index contributed by atoms with van der Waals surface area (Å²) in [6.45, 7) is 0.653. The highest BCUT2D eigenvalue weighted by molar-refractivity contribution is 8.13. The summed E-state index contributed by atoms with van der Waals surface area (Å²) in [5, 5.41) is 2.95. The average Bonchev–Trinajstić information content (AvgIpc) is 2.99. The Hall–Kier alpha value is -1.05. The predicted molar refractivity (Wildman–Crippen MR) is 76.8 cm³/mol. The molecule has 2 atom stereocenters. The fraction of sp³-hybridized carbons (Fsp3) is 0.615. The summed E-state index contributed by atoms with van der Waals surface area (Å²) in [4.78, 5) is 12.3. The third-order valence-corrected chi connectivity index (χ3v) is 5.35. The van der Waals surface area contributed by atoms with Gasteiger partial charge in [0.25, 0.3) is 15.0 Å². The standard InChI is InChI=1S/C13H17ClN2O4S/c1-16-7-9(21(14,18)19)6-11(16)13(17)15-10-4-5-20-12(10)8-2-3-8/h6-8,10,12H,2-5H2,1H3,(H,15,17). The first-order valence-electron chi connectivity index (χ1n) is 6.90. The van der Waals surface area contributed by atoms with E-state index in [1.54, 1.807) is 7.05 Å². The van der Waals surface area contributed by atoms with E-state index < -0.39 is 9.05 Å². The number of nitrogens with one attached hydrogen (secondary N) is 1. The van der Waals surface area contributed by atoms with Crippen LogP contribution in [0.5, 0.6) is 0 Å². The summed E-state index contributed by atoms with van der Waals surface area (Å²) >= 11 is 0. The maximum absolute atomic E-state index is 12.3. The van der Waals surface area contributed by atoms with E-state index in [2.05, 4.69) is 5.32 Å². The Kier molecular flexibility index (Phi) is 3.75. The molecule has 6 nitrogen and oxygen atoms in total. The number of rotatable bonds is 4. The molecule has 1 N–H and O–H groups in total. The van der Waals surface area contributed by atoms with Gasteiger partial charge in [-0.1, -0.05) is 0 Å². The molecule has 21 heavy (non-hydrogen) atoms. The molecule has 2 unspecified atom stereocenters. The molecule has 2 aliphatic rings. The second kappa shape index (κ2) is 5.30. The van der Waals surface area contributed by atoms with Gasteiger partial charge in [-0.15, -0.1) is 0 Å². The molecule has 3 rings (SSSR count). The van der Waals surface area contributed by atoms with Gasteiger partial charge < -0.3 is 14.6 Å². The van der Waals surface area contributed by atoms with Gasteiger partial charge in [-0.05, 0) is 31.2 Å². The summed E-state index contributed by atoms with van der Waals surface area (Å²) in [5.41, 5.74) is 0.274. The third-order valence-electron chi connectivity index (χ3n) is 4.03. The van der Waals surface area contributed by atoms with Crippen molar-refractivity contribution in [3.8, 4) is 0 Å². The van der Waals surface area contributed by atoms with Crippen molar-refractivity contribution < 1.29 is 17.9 Å². The number of hydrogen-bond acceptors (Lipinski definition) is 4. The number of carbonyl (C=O) groups is 1. The number of carbonyl (C=O) groups excluding carboxylic acids is 1. The van der Waals surface area contributed by atoms with Crippen molar-refractivity contribution in [1.29, 1.82) is 0 Å². The number of aromatic nitrogens is 1. The lowest BCUT2D eigenvalue weighted by atomic mass is 10.1. The summed E-state index contributed by atoms with van der Waals surface area (Å²) in [6, 6.07) is 1.29. The molecule has 1 aliphatic heterocycles. The van der Waals surface area contributed by atoms with Crippen molar-refractivity contribution in [1.82, 2.24) is 9.88 Å². The summed E-state index contributed by atoms with van der Waals surface area (Å²) in [5.74, 6) is 0.246. The average molecular weight is 333 g/mol. The Balaban J connectivity index is 1.75. The summed E-state index contributed by atoms with van der Waals surface area (Å²) < 4.78 is 29.8. The Labute approximate surface area is 127 Å². The molecular formula is C13H17ClN2O4S. The molecule has 1 saturated heterocycles. The van der Waals surface area contributed by atoms with Gasteiger partial charge in [0, 0.05) is 30.5 Å². The van der Waals surface area contributed by atoms with Gasteiger partial charge in [-0.3, -0.25) is 4.79 Å². The van der Waals surface area contributed by atoms with Gasteiger partial charge in [-0.25, -0.2) is 8.42 Å². The number of aryl methyl sites for hydroxylation is 1. The highest BCUT2D eigenvalue weighted by Crippen LogP contribution is 2.38. The number of amides is 1. The molecule has 0 bridgehead atoms. The largest absolute Gasteiger partial charge is 0.376 e. The van der Waals surface area contributed by atoms with Crippen LogP contribution in [-0.2, 0) is 20.8 Å². The van der Waals surface area contributed by atoms with Crippen LogP contribution < -0.4 is 5.32 Å². The van der Waals surface area contributed by atoms with E-state index in [1.165, 1.54) is 16.8 Å². The Morgan fingerprint density at radius 1 is 1.43 bits per heavy atom. The van der Waals surface area contributed by atoms with Crippen molar-refractivity contribution in [3.05, 3.63) is 18.0 Å². The van der Waals surface area contributed by atoms with Crippen molar-refractivity contribution in [2.75, 3.05) is 6.61 Å². The van der Waals surface area contributed by atoms with Gasteiger partial charge in [0.1, 0.15) is 10.6 Å². The molecule has 1 aromatic rings. The third kappa shape index (κ3) is 3.09. The molecule has 2 heterocycles. The van der Waals surface area contributed by atoms with Crippen molar-refractivity contribution >= 4 is 25.6 Å². The molecule has 1 aliphatic carbocycles. The lowest BCUT2D eigenvalue weighted by molar-refractivity contribution is 0.0726. The molecule has 0 radical (unpaired) electrons. The Morgan fingerprint density at radius 2 is 2.14 bits per heavy atom. The molecular weight excluding hydrogens is 316 g/mol. The van der Waals surface area contributed by atoms with Crippen LogP contribution >= 0.6 is 10.7 Å². The van der Waals surface area contributed by atoms with Crippen molar-refractivity contribution in [2.24, 2.45) is 13.0 Å². The first-order valence-corrected chi connectivity index (χ1v) is 9.20. The highest BCUT2D eigenvalue weighted by atomic mass is 35.7. The van der Waals surface area contributed by atoms with Crippen LogP contribution in [0.15, 0.2) is 17.2 Å². The van der Waals surface area contributed by atoms with Crippen LogP contribution in [-0.4, -0.2) is 37.6 Å². The molecule has 0 spiro atoms. The van der Waals surface area contributed by atoms with Crippen LogP contribution in [0.3, 0.4) is 0 Å².